The van der Waals surface area contributed by atoms with E-state index in [1.54, 1.807) is 0 Å². The van der Waals surface area contributed by atoms with E-state index in [1.807, 2.05) is 7.05 Å². The maximum atomic E-state index is 9.33. The summed E-state index contributed by atoms with van der Waals surface area (Å²) in [6, 6.07) is 0. The monoisotopic (exact) mass is 228 g/mol. The van der Waals surface area contributed by atoms with Crippen LogP contribution >= 0.6 is 0 Å². The number of nitrogens with zero attached hydrogens (tertiary/aromatic N) is 1. The lowest BCUT2D eigenvalue weighted by Gasteiger charge is -2.35. The summed E-state index contributed by atoms with van der Waals surface area (Å²) in [6.07, 6.45) is 5.07. The molecule has 0 aromatic rings. The Morgan fingerprint density at radius 2 is 2.25 bits per heavy atom. The van der Waals surface area contributed by atoms with Crippen molar-refractivity contribution < 1.29 is 5.11 Å². The number of aliphatic hydroxyl groups is 1. The van der Waals surface area contributed by atoms with E-state index >= 15 is 0 Å². The molecule has 2 atom stereocenters. The molecule has 1 aliphatic rings. The van der Waals surface area contributed by atoms with Gasteiger partial charge in [-0.1, -0.05) is 13.3 Å². The van der Waals surface area contributed by atoms with Crippen LogP contribution in [0.5, 0.6) is 0 Å². The zero-order valence-corrected chi connectivity index (χ0v) is 11.1. The van der Waals surface area contributed by atoms with Crippen LogP contribution in [0, 0.1) is 5.92 Å². The molecule has 0 saturated carbocycles. The fourth-order valence-corrected chi connectivity index (χ4v) is 2.38. The topological polar surface area (TPSA) is 35.5 Å². The number of piperidine rings is 1. The minimum Gasteiger partial charge on any atom is -0.394 e. The Hall–Kier alpha value is -0.120. The molecule has 1 rings (SSSR count). The summed E-state index contributed by atoms with van der Waals surface area (Å²) in [7, 11) is 1.93. The van der Waals surface area contributed by atoms with Gasteiger partial charge in [-0.15, -0.1) is 0 Å². The van der Waals surface area contributed by atoms with Gasteiger partial charge in [0.15, 0.2) is 0 Å². The summed E-state index contributed by atoms with van der Waals surface area (Å²) in [4.78, 5) is 2.56. The molecule has 0 bridgehead atoms. The molecule has 2 unspecified atom stereocenters. The summed E-state index contributed by atoms with van der Waals surface area (Å²) in [5.74, 6) is 0.892. The highest BCUT2D eigenvalue weighted by Gasteiger charge is 2.24. The number of hydrogen-bond donors (Lipinski definition) is 2. The predicted molar refractivity (Wildman–Crippen MR) is 68.6 cm³/mol. The number of likely N-dealkylation sites (tertiary alicyclic amines) is 1. The van der Waals surface area contributed by atoms with Crippen molar-refractivity contribution in [2.75, 3.05) is 33.3 Å². The zero-order chi connectivity index (χ0) is 12.0. The van der Waals surface area contributed by atoms with Crippen LogP contribution in [0.2, 0.25) is 0 Å². The molecule has 3 nitrogen and oxygen atoms in total. The Labute approximate surface area is 100 Å². The van der Waals surface area contributed by atoms with E-state index in [2.05, 4.69) is 24.1 Å². The van der Waals surface area contributed by atoms with E-state index in [1.165, 1.54) is 32.4 Å². The van der Waals surface area contributed by atoms with Gasteiger partial charge in [0.05, 0.1) is 6.61 Å². The normalized spacial score (nSPS) is 26.6. The third-order valence-corrected chi connectivity index (χ3v) is 4.11. The van der Waals surface area contributed by atoms with Gasteiger partial charge in [-0.05, 0) is 52.2 Å². The fourth-order valence-electron chi connectivity index (χ4n) is 2.38. The third-order valence-electron chi connectivity index (χ3n) is 4.11. The summed E-state index contributed by atoms with van der Waals surface area (Å²) in [5.41, 5.74) is -0.112. The SMILES string of the molecule is CCC1CCCN(CCC(C)(CO)NC)C1. The van der Waals surface area contributed by atoms with Crippen LogP contribution in [0.4, 0.5) is 0 Å². The van der Waals surface area contributed by atoms with Crippen molar-refractivity contribution in [1.82, 2.24) is 10.2 Å². The van der Waals surface area contributed by atoms with Crippen molar-refractivity contribution in [1.29, 1.82) is 0 Å². The first-order chi connectivity index (χ1) is 7.63. The Morgan fingerprint density at radius 3 is 2.81 bits per heavy atom. The molecule has 1 heterocycles. The fraction of sp³-hybridized carbons (Fsp3) is 1.00. The second-order valence-electron chi connectivity index (χ2n) is 5.44. The van der Waals surface area contributed by atoms with Gasteiger partial charge in [0.25, 0.3) is 0 Å². The first-order valence-electron chi connectivity index (χ1n) is 6.65. The quantitative estimate of drug-likeness (QED) is 0.722. The van der Waals surface area contributed by atoms with Crippen LogP contribution < -0.4 is 5.32 Å². The van der Waals surface area contributed by atoms with E-state index in [4.69, 9.17) is 0 Å². The Bertz CT molecular complexity index is 192. The van der Waals surface area contributed by atoms with Gasteiger partial charge in [-0.2, -0.15) is 0 Å². The number of nitrogens with one attached hydrogen (secondary N) is 1. The van der Waals surface area contributed by atoms with Crippen molar-refractivity contribution in [3.05, 3.63) is 0 Å². The predicted octanol–water partition coefficient (Wildman–Crippen LogP) is 1.47. The van der Waals surface area contributed by atoms with Gasteiger partial charge >= 0.3 is 0 Å². The Balaban J connectivity index is 2.31. The molecule has 0 radical (unpaired) electrons. The Kier molecular flexibility index (Phi) is 5.73. The van der Waals surface area contributed by atoms with E-state index in [9.17, 15) is 5.11 Å². The highest BCUT2D eigenvalue weighted by molar-refractivity contribution is 4.83. The molecule has 1 aliphatic heterocycles. The van der Waals surface area contributed by atoms with Crippen LogP contribution in [0.1, 0.15) is 39.5 Å². The molecular weight excluding hydrogens is 200 g/mol. The molecular formula is C13H28N2O. The van der Waals surface area contributed by atoms with Crippen LogP contribution in [0.15, 0.2) is 0 Å². The van der Waals surface area contributed by atoms with Crippen molar-refractivity contribution in [3.63, 3.8) is 0 Å². The molecule has 96 valence electrons. The second kappa shape index (κ2) is 6.58. The van der Waals surface area contributed by atoms with E-state index in [-0.39, 0.29) is 12.1 Å². The summed E-state index contributed by atoms with van der Waals surface area (Å²) < 4.78 is 0. The Morgan fingerprint density at radius 1 is 1.50 bits per heavy atom. The molecule has 0 aromatic heterocycles. The van der Waals surface area contributed by atoms with Crippen LogP contribution in [0.3, 0.4) is 0 Å². The van der Waals surface area contributed by atoms with Crippen LogP contribution in [-0.2, 0) is 0 Å². The smallest absolute Gasteiger partial charge is 0.0610 e. The molecule has 0 amide bonds. The number of hydrogen-bond acceptors (Lipinski definition) is 3. The average molecular weight is 228 g/mol. The van der Waals surface area contributed by atoms with Gasteiger partial charge in [-0.3, -0.25) is 0 Å². The van der Waals surface area contributed by atoms with Gasteiger partial charge in [0, 0.05) is 12.1 Å². The van der Waals surface area contributed by atoms with Crippen molar-refractivity contribution >= 4 is 0 Å². The lowest BCUT2D eigenvalue weighted by atomic mass is 9.94. The first-order valence-corrected chi connectivity index (χ1v) is 6.65. The summed E-state index contributed by atoms with van der Waals surface area (Å²) in [6.45, 7) is 8.19. The minimum absolute atomic E-state index is 0.112. The van der Waals surface area contributed by atoms with Gasteiger partial charge < -0.3 is 15.3 Å². The lowest BCUT2D eigenvalue weighted by molar-refractivity contribution is 0.126. The standard InChI is InChI=1S/C13H28N2O/c1-4-12-6-5-8-15(10-12)9-7-13(2,11-16)14-3/h12,14,16H,4-11H2,1-3H3. The molecule has 3 heteroatoms. The van der Waals surface area contributed by atoms with E-state index in [0.29, 0.717) is 0 Å². The molecule has 0 aliphatic carbocycles. The molecule has 1 saturated heterocycles. The van der Waals surface area contributed by atoms with E-state index < -0.39 is 0 Å². The highest BCUT2D eigenvalue weighted by atomic mass is 16.3. The van der Waals surface area contributed by atoms with Crippen molar-refractivity contribution in [2.45, 2.75) is 45.1 Å². The lowest BCUT2D eigenvalue weighted by Crippen LogP contribution is -2.47. The summed E-state index contributed by atoms with van der Waals surface area (Å²) in [5, 5.41) is 12.5. The zero-order valence-electron chi connectivity index (χ0n) is 11.1. The molecule has 0 spiro atoms. The van der Waals surface area contributed by atoms with Crippen LogP contribution in [-0.4, -0.2) is 48.8 Å². The maximum Gasteiger partial charge on any atom is 0.0610 e. The minimum atomic E-state index is -0.112. The number of rotatable bonds is 6. The van der Waals surface area contributed by atoms with Gasteiger partial charge in [0.2, 0.25) is 0 Å². The highest BCUT2D eigenvalue weighted by Crippen LogP contribution is 2.20. The van der Waals surface area contributed by atoms with Gasteiger partial charge in [-0.25, -0.2) is 0 Å². The van der Waals surface area contributed by atoms with Gasteiger partial charge in [0.1, 0.15) is 0 Å². The van der Waals surface area contributed by atoms with Crippen LogP contribution in [0.25, 0.3) is 0 Å². The molecule has 0 aromatic carbocycles. The number of aliphatic hydroxyl groups excluding tert-OH is 1. The van der Waals surface area contributed by atoms with E-state index in [0.717, 1.165) is 18.9 Å². The maximum absolute atomic E-state index is 9.33. The second-order valence-corrected chi connectivity index (χ2v) is 5.44. The average Bonchev–Trinajstić information content (AvgIpc) is 2.36. The number of likely N-dealkylation sites (N-methyl/N-ethyl adjacent to an activating group) is 1. The molecule has 2 N–H and O–H groups in total. The third kappa shape index (κ3) is 4.04. The van der Waals surface area contributed by atoms with Crippen molar-refractivity contribution in [2.24, 2.45) is 5.92 Å². The summed E-state index contributed by atoms with van der Waals surface area (Å²) >= 11 is 0. The van der Waals surface area contributed by atoms with Crippen molar-refractivity contribution in [3.8, 4) is 0 Å². The largest absolute Gasteiger partial charge is 0.394 e. The molecule has 16 heavy (non-hydrogen) atoms. The first kappa shape index (κ1) is 13.9. The molecule has 1 fully saturated rings.